The van der Waals surface area contributed by atoms with Gasteiger partial charge >= 0.3 is 0 Å². The molecule has 1 aromatic heterocycles. The number of thiazole rings is 1. The number of para-hydroxylation sites is 2. The molecule has 5 heteroatoms. The average Bonchev–Trinajstić information content (AvgIpc) is 3.22. The fraction of sp³-hybridized carbons (Fsp3) is 0.500. The van der Waals surface area contributed by atoms with Gasteiger partial charge in [0, 0.05) is 30.7 Å². The average molecular weight is 331 g/mol. The van der Waals surface area contributed by atoms with Crippen LogP contribution in [0, 0.1) is 5.92 Å². The highest BCUT2D eigenvalue weighted by Crippen LogP contribution is 2.32. The van der Waals surface area contributed by atoms with Crippen LogP contribution in [-0.2, 0) is 0 Å². The summed E-state index contributed by atoms with van der Waals surface area (Å²) in [6.45, 7) is 7.55. The lowest BCUT2D eigenvalue weighted by Crippen LogP contribution is -2.22. The van der Waals surface area contributed by atoms with Crippen LogP contribution in [0.2, 0.25) is 0 Å². The summed E-state index contributed by atoms with van der Waals surface area (Å²) in [7, 11) is 1.74. The van der Waals surface area contributed by atoms with Gasteiger partial charge in [0.25, 0.3) is 0 Å². The van der Waals surface area contributed by atoms with E-state index in [2.05, 4.69) is 41.2 Å². The van der Waals surface area contributed by atoms with Gasteiger partial charge in [-0.15, -0.1) is 11.3 Å². The van der Waals surface area contributed by atoms with Crippen LogP contribution in [0.1, 0.15) is 31.1 Å². The molecule has 0 amide bonds. The summed E-state index contributed by atoms with van der Waals surface area (Å²) < 4.78 is 5.48. The third kappa shape index (κ3) is 3.78. The molecule has 1 fully saturated rings. The van der Waals surface area contributed by atoms with Gasteiger partial charge in [-0.05, 0) is 30.4 Å². The van der Waals surface area contributed by atoms with Crippen molar-refractivity contribution in [1.29, 1.82) is 0 Å². The summed E-state index contributed by atoms with van der Waals surface area (Å²) in [5, 5.41) is 4.56. The summed E-state index contributed by atoms with van der Waals surface area (Å²) in [5.41, 5.74) is 1.20. The van der Waals surface area contributed by atoms with Crippen molar-refractivity contribution < 1.29 is 4.74 Å². The van der Waals surface area contributed by atoms with E-state index in [1.54, 1.807) is 18.4 Å². The number of benzene rings is 1. The molecule has 23 heavy (non-hydrogen) atoms. The predicted octanol–water partition coefficient (Wildman–Crippen LogP) is 4.21. The molecule has 2 aromatic rings. The van der Waals surface area contributed by atoms with E-state index in [9.17, 15) is 0 Å². The highest BCUT2D eigenvalue weighted by atomic mass is 32.1. The second kappa shape index (κ2) is 7.21. The Balaban J connectivity index is 1.55. The van der Waals surface area contributed by atoms with Crippen molar-refractivity contribution in [2.24, 2.45) is 5.92 Å². The number of anilines is 2. The van der Waals surface area contributed by atoms with E-state index >= 15 is 0 Å². The van der Waals surface area contributed by atoms with Crippen molar-refractivity contribution in [2.75, 3.05) is 37.0 Å². The largest absolute Gasteiger partial charge is 0.495 e. The predicted molar refractivity (Wildman–Crippen MR) is 98.0 cm³/mol. The van der Waals surface area contributed by atoms with Gasteiger partial charge < -0.3 is 15.0 Å². The molecule has 0 aliphatic carbocycles. The van der Waals surface area contributed by atoms with Gasteiger partial charge in [0.05, 0.1) is 12.8 Å². The molecule has 2 heterocycles. The van der Waals surface area contributed by atoms with Crippen LogP contribution in [0.5, 0.6) is 5.75 Å². The number of methoxy groups -OCH3 is 1. The number of hydrogen-bond donors (Lipinski definition) is 1. The van der Waals surface area contributed by atoms with Crippen molar-refractivity contribution in [3.63, 3.8) is 0 Å². The van der Waals surface area contributed by atoms with Crippen molar-refractivity contribution in [3.05, 3.63) is 35.3 Å². The maximum absolute atomic E-state index is 5.48. The number of nitrogens with one attached hydrogen (secondary N) is 1. The molecule has 3 rings (SSSR count). The van der Waals surface area contributed by atoms with Gasteiger partial charge in [0.15, 0.2) is 5.13 Å². The van der Waals surface area contributed by atoms with E-state index in [0.29, 0.717) is 11.8 Å². The maximum Gasteiger partial charge on any atom is 0.182 e. The van der Waals surface area contributed by atoms with Crippen LogP contribution in [0.4, 0.5) is 10.8 Å². The van der Waals surface area contributed by atoms with Gasteiger partial charge in [0.2, 0.25) is 0 Å². The lowest BCUT2D eigenvalue weighted by molar-refractivity contribution is 0.414. The highest BCUT2D eigenvalue weighted by molar-refractivity contribution is 7.15. The van der Waals surface area contributed by atoms with Crippen LogP contribution in [0.25, 0.3) is 0 Å². The minimum absolute atomic E-state index is 0.551. The molecule has 1 aliphatic rings. The van der Waals surface area contributed by atoms with Crippen LogP contribution < -0.4 is 15.0 Å². The monoisotopic (exact) mass is 331 g/mol. The zero-order chi connectivity index (χ0) is 16.2. The minimum atomic E-state index is 0.551. The Morgan fingerprint density at radius 2 is 2.22 bits per heavy atom. The maximum atomic E-state index is 5.48. The van der Waals surface area contributed by atoms with E-state index in [0.717, 1.165) is 30.5 Å². The number of hydrogen-bond acceptors (Lipinski definition) is 5. The summed E-state index contributed by atoms with van der Waals surface area (Å²) in [4.78, 5) is 8.24. The number of nitrogens with zero attached hydrogens (tertiary/aromatic N) is 2. The Kier molecular flexibility index (Phi) is 5.06. The summed E-state index contributed by atoms with van der Waals surface area (Å²) in [5.74, 6) is 2.16. The van der Waals surface area contributed by atoms with Crippen molar-refractivity contribution >= 4 is 22.2 Å². The van der Waals surface area contributed by atoms with Crippen molar-refractivity contribution in [1.82, 2.24) is 4.98 Å². The smallest absolute Gasteiger partial charge is 0.182 e. The van der Waals surface area contributed by atoms with Crippen LogP contribution in [-0.4, -0.2) is 31.7 Å². The molecule has 1 unspecified atom stereocenters. The summed E-state index contributed by atoms with van der Waals surface area (Å²) in [6, 6.07) is 8.27. The molecule has 1 N–H and O–H groups in total. The zero-order valence-corrected chi connectivity index (χ0v) is 14.9. The molecule has 4 nitrogen and oxygen atoms in total. The van der Waals surface area contributed by atoms with Crippen LogP contribution in [0.3, 0.4) is 0 Å². The van der Waals surface area contributed by atoms with Crippen LogP contribution in [0.15, 0.2) is 30.5 Å². The molecular formula is C18H25N3OS. The quantitative estimate of drug-likeness (QED) is 0.860. The number of aromatic nitrogens is 1. The SMILES string of the molecule is COc1ccccc1N1CCC(CNc2ncc(C(C)C)s2)C1. The van der Waals surface area contributed by atoms with E-state index in [1.807, 2.05) is 18.3 Å². The Bertz CT molecular complexity index is 641. The topological polar surface area (TPSA) is 37.4 Å². The molecule has 0 saturated carbocycles. The van der Waals surface area contributed by atoms with E-state index in [1.165, 1.54) is 17.0 Å². The molecule has 1 aromatic carbocycles. The molecule has 1 aliphatic heterocycles. The van der Waals surface area contributed by atoms with Gasteiger partial charge in [-0.25, -0.2) is 4.98 Å². The normalized spacial score (nSPS) is 17.7. The van der Waals surface area contributed by atoms with Crippen molar-refractivity contribution in [2.45, 2.75) is 26.2 Å². The highest BCUT2D eigenvalue weighted by Gasteiger charge is 2.24. The van der Waals surface area contributed by atoms with Gasteiger partial charge in [-0.1, -0.05) is 26.0 Å². The number of ether oxygens (including phenoxy) is 1. The third-order valence-corrected chi connectivity index (χ3v) is 5.60. The van der Waals surface area contributed by atoms with Gasteiger partial charge in [-0.3, -0.25) is 0 Å². The van der Waals surface area contributed by atoms with E-state index in [4.69, 9.17) is 4.74 Å². The van der Waals surface area contributed by atoms with Crippen molar-refractivity contribution in [3.8, 4) is 5.75 Å². The Labute approximate surface area is 142 Å². The van der Waals surface area contributed by atoms with Crippen LogP contribution >= 0.6 is 11.3 Å². The summed E-state index contributed by atoms with van der Waals surface area (Å²) >= 11 is 1.77. The zero-order valence-electron chi connectivity index (χ0n) is 14.1. The molecule has 0 bridgehead atoms. The minimum Gasteiger partial charge on any atom is -0.495 e. The molecular weight excluding hydrogens is 306 g/mol. The molecule has 0 spiro atoms. The number of rotatable bonds is 6. The van der Waals surface area contributed by atoms with Gasteiger partial charge in [0.1, 0.15) is 5.75 Å². The Morgan fingerprint density at radius 1 is 1.39 bits per heavy atom. The fourth-order valence-electron chi connectivity index (χ4n) is 2.98. The molecule has 1 atom stereocenters. The van der Waals surface area contributed by atoms with E-state index in [-0.39, 0.29) is 0 Å². The lowest BCUT2D eigenvalue weighted by Gasteiger charge is -2.21. The lowest BCUT2D eigenvalue weighted by atomic mass is 10.1. The van der Waals surface area contributed by atoms with Gasteiger partial charge in [-0.2, -0.15) is 0 Å². The first kappa shape index (κ1) is 16.1. The first-order chi connectivity index (χ1) is 11.2. The Hall–Kier alpha value is -1.75. The second-order valence-electron chi connectivity index (χ2n) is 6.38. The Morgan fingerprint density at radius 3 is 2.96 bits per heavy atom. The third-order valence-electron chi connectivity index (χ3n) is 4.35. The standard InChI is InChI=1S/C18H25N3OS/c1-13(2)17-11-20-18(23-17)19-10-14-8-9-21(12-14)15-6-4-5-7-16(15)22-3/h4-7,11,13-14H,8-10,12H2,1-3H3,(H,19,20). The second-order valence-corrected chi connectivity index (χ2v) is 7.44. The molecule has 1 saturated heterocycles. The van der Waals surface area contributed by atoms with E-state index < -0.39 is 0 Å². The molecule has 0 radical (unpaired) electrons. The first-order valence-electron chi connectivity index (χ1n) is 8.25. The first-order valence-corrected chi connectivity index (χ1v) is 9.06. The fourth-order valence-corrected chi connectivity index (χ4v) is 3.80. The summed E-state index contributed by atoms with van der Waals surface area (Å²) in [6.07, 6.45) is 3.20. The molecule has 124 valence electrons.